The van der Waals surface area contributed by atoms with Crippen molar-refractivity contribution in [3.63, 3.8) is 0 Å². The molecule has 1 aromatic rings. The van der Waals surface area contributed by atoms with E-state index in [9.17, 15) is 24.5 Å². The van der Waals surface area contributed by atoms with E-state index in [1.807, 2.05) is 6.92 Å². The Hall–Kier alpha value is -2.44. The second kappa shape index (κ2) is 12.0. The predicted molar refractivity (Wildman–Crippen MR) is 137 cm³/mol. The minimum atomic E-state index is -1.44. The first-order valence-corrected chi connectivity index (χ1v) is 15.3. The third kappa shape index (κ3) is 7.77. The second-order valence-corrected chi connectivity index (χ2v) is 13.5. The minimum absolute atomic E-state index is 0.0213. The van der Waals surface area contributed by atoms with E-state index in [1.54, 1.807) is 0 Å². The van der Waals surface area contributed by atoms with Crippen LogP contribution >= 0.6 is 11.8 Å². The Morgan fingerprint density at radius 2 is 1.83 bits per heavy atom. The fraction of sp³-hybridized carbons (Fsp3) is 0.609. The number of β-lactam (4-membered cyclic amide) rings is 1. The Labute approximate surface area is 211 Å². The normalized spacial score (nSPS) is 19.3. The van der Waals surface area contributed by atoms with Crippen LogP contribution in [0.2, 0.25) is 13.1 Å². The lowest BCUT2D eigenvalue weighted by atomic mass is 9.64. The van der Waals surface area contributed by atoms with E-state index in [2.05, 4.69) is 44.5 Å². The highest BCUT2D eigenvalue weighted by Crippen LogP contribution is 2.45. The Kier molecular flexibility index (Phi) is 9.87. The molecule has 12 heteroatoms. The van der Waals surface area contributed by atoms with Crippen LogP contribution in [0.4, 0.5) is 10.5 Å². The largest absolute Gasteiger partial charge is 0.445 e. The molecule has 1 heterocycles. The summed E-state index contributed by atoms with van der Waals surface area (Å²) in [7, 11) is -1.44. The quantitative estimate of drug-likeness (QED) is 0.147. The third-order valence-electron chi connectivity index (χ3n) is 6.11. The monoisotopic (exact) mass is 525 g/mol. The average molecular weight is 526 g/mol. The van der Waals surface area contributed by atoms with Crippen molar-refractivity contribution in [2.45, 2.75) is 65.5 Å². The van der Waals surface area contributed by atoms with Crippen LogP contribution in [0.25, 0.3) is 0 Å². The van der Waals surface area contributed by atoms with Crippen molar-refractivity contribution in [1.82, 2.24) is 10.6 Å². The molecule has 35 heavy (non-hydrogen) atoms. The van der Waals surface area contributed by atoms with Gasteiger partial charge in [0.15, 0.2) is 14.2 Å². The summed E-state index contributed by atoms with van der Waals surface area (Å²) in [5, 5.41) is 16.0. The Morgan fingerprint density at radius 3 is 2.34 bits per heavy atom. The number of carbonyl (C=O) groups excluding carboxylic acids is 3. The SMILES string of the molecule is C[SiH](C)O[C@](C)([C@H]1C(=O)N[C@@H]1CC(=O)SCCNC(=O)OCc1ccc([N+](=O)[O-])cc1)C(C)(C)C. The predicted octanol–water partition coefficient (Wildman–Crippen LogP) is 3.39. The highest BCUT2D eigenvalue weighted by atomic mass is 32.2. The van der Waals surface area contributed by atoms with Crippen molar-refractivity contribution in [1.29, 1.82) is 0 Å². The van der Waals surface area contributed by atoms with E-state index in [0.29, 0.717) is 11.3 Å². The van der Waals surface area contributed by atoms with Gasteiger partial charge in [0, 0.05) is 30.9 Å². The van der Waals surface area contributed by atoms with Crippen LogP contribution in [-0.2, 0) is 25.4 Å². The molecule has 194 valence electrons. The Bertz CT molecular complexity index is 936. The van der Waals surface area contributed by atoms with Gasteiger partial charge in [-0.3, -0.25) is 19.7 Å². The number of amides is 2. The zero-order valence-corrected chi connectivity index (χ0v) is 23.1. The third-order valence-corrected chi connectivity index (χ3v) is 7.97. The average Bonchev–Trinajstić information content (AvgIpc) is 2.73. The number of ether oxygens (including phenoxy) is 1. The number of nitro groups is 1. The molecule has 2 rings (SSSR count). The lowest BCUT2D eigenvalue weighted by molar-refractivity contribution is -0.384. The summed E-state index contributed by atoms with van der Waals surface area (Å²) in [5.74, 6) is -0.116. The highest BCUT2D eigenvalue weighted by Gasteiger charge is 2.57. The van der Waals surface area contributed by atoms with Gasteiger partial charge < -0.3 is 19.8 Å². The van der Waals surface area contributed by atoms with Crippen molar-refractivity contribution in [3.05, 3.63) is 39.9 Å². The van der Waals surface area contributed by atoms with E-state index >= 15 is 0 Å². The van der Waals surface area contributed by atoms with Gasteiger partial charge in [-0.05, 0) is 43.1 Å². The molecule has 0 aliphatic carbocycles. The standard InChI is InChI=1S/C23H35N3O7SSi/c1-22(2,3)23(4,33-35(5)6)19-17(25-20(19)28)13-18(27)34-12-11-24-21(29)32-14-15-7-9-16(10-8-15)26(30)31/h7-10,17,19,35H,11-14H2,1-6H3,(H,24,29)(H,25,28)/t17-,19-,23-/m1/s1. The summed E-state index contributed by atoms with van der Waals surface area (Å²) >= 11 is 1.09. The lowest BCUT2D eigenvalue weighted by Crippen LogP contribution is -2.70. The molecule has 1 aliphatic heterocycles. The van der Waals surface area contributed by atoms with Crippen LogP contribution in [-0.4, -0.2) is 55.0 Å². The first kappa shape index (κ1) is 28.8. The van der Waals surface area contributed by atoms with Crippen LogP contribution < -0.4 is 10.6 Å². The number of carbonyl (C=O) groups is 3. The van der Waals surface area contributed by atoms with Crippen molar-refractivity contribution >= 4 is 43.6 Å². The molecule has 0 aromatic heterocycles. The number of hydrogen-bond donors (Lipinski definition) is 2. The van der Waals surface area contributed by atoms with Gasteiger partial charge in [-0.25, -0.2) is 4.79 Å². The van der Waals surface area contributed by atoms with Gasteiger partial charge in [-0.1, -0.05) is 32.5 Å². The van der Waals surface area contributed by atoms with Gasteiger partial charge in [-0.2, -0.15) is 0 Å². The van der Waals surface area contributed by atoms with Gasteiger partial charge in [0.2, 0.25) is 5.91 Å². The topological polar surface area (TPSA) is 137 Å². The van der Waals surface area contributed by atoms with Crippen LogP contribution in [0.15, 0.2) is 24.3 Å². The number of nitrogens with zero attached hydrogens (tertiary/aromatic N) is 1. The molecule has 2 amide bonds. The Balaban J connectivity index is 1.75. The number of thioether (sulfide) groups is 1. The van der Waals surface area contributed by atoms with Gasteiger partial charge >= 0.3 is 6.09 Å². The van der Waals surface area contributed by atoms with E-state index in [0.717, 1.165) is 11.8 Å². The zero-order valence-electron chi connectivity index (χ0n) is 21.1. The molecule has 0 bridgehead atoms. The minimum Gasteiger partial charge on any atom is -0.445 e. The van der Waals surface area contributed by atoms with Crippen molar-refractivity contribution in [2.24, 2.45) is 11.3 Å². The number of rotatable bonds is 11. The summed E-state index contributed by atoms with van der Waals surface area (Å²) in [4.78, 5) is 47.0. The molecule has 0 saturated carbocycles. The molecule has 0 unspecified atom stereocenters. The molecular formula is C23H35N3O7SSi. The maximum Gasteiger partial charge on any atom is 0.407 e. The van der Waals surface area contributed by atoms with E-state index in [1.165, 1.54) is 24.3 Å². The molecule has 1 fully saturated rings. The van der Waals surface area contributed by atoms with Gasteiger partial charge in [0.1, 0.15) is 6.61 Å². The molecule has 3 atom stereocenters. The van der Waals surface area contributed by atoms with Crippen LogP contribution in [0.5, 0.6) is 0 Å². The molecule has 0 spiro atoms. The highest BCUT2D eigenvalue weighted by molar-refractivity contribution is 8.13. The Morgan fingerprint density at radius 1 is 1.20 bits per heavy atom. The lowest BCUT2D eigenvalue weighted by Gasteiger charge is -2.54. The number of non-ortho nitro benzene ring substituents is 1. The maximum atomic E-state index is 12.5. The van der Waals surface area contributed by atoms with E-state index in [4.69, 9.17) is 9.16 Å². The van der Waals surface area contributed by atoms with Gasteiger partial charge in [0.25, 0.3) is 5.69 Å². The summed E-state index contributed by atoms with van der Waals surface area (Å²) in [6.07, 6.45) is -0.445. The molecular weight excluding hydrogens is 490 g/mol. The summed E-state index contributed by atoms with van der Waals surface area (Å²) < 4.78 is 11.4. The molecule has 10 nitrogen and oxygen atoms in total. The zero-order chi connectivity index (χ0) is 26.4. The van der Waals surface area contributed by atoms with Crippen LogP contribution in [0, 0.1) is 21.4 Å². The summed E-state index contributed by atoms with van der Waals surface area (Å²) in [6, 6.07) is 5.44. The fourth-order valence-corrected chi connectivity index (χ4v) is 6.13. The first-order valence-electron chi connectivity index (χ1n) is 11.5. The van der Waals surface area contributed by atoms with E-state index < -0.39 is 31.6 Å². The van der Waals surface area contributed by atoms with Gasteiger partial charge in [0.05, 0.1) is 22.5 Å². The first-order chi connectivity index (χ1) is 16.2. The summed E-state index contributed by atoms with van der Waals surface area (Å²) in [5.41, 5.74) is -0.357. The molecule has 2 N–H and O–H groups in total. The van der Waals surface area contributed by atoms with Crippen molar-refractivity contribution in [2.75, 3.05) is 12.3 Å². The smallest absolute Gasteiger partial charge is 0.407 e. The number of hydrogen-bond acceptors (Lipinski definition) is 8. The number of benzene rings is 1. The molecule has 1 aliphatic rings. The van der Waals surface area contributed by atoms with Crippen molar-refractivity contribution < 1.29 is 28.5 Å². The number of alkyl carbamates (subject to hydrolysis) is 1. The number of nitro benzene ring substituents is 1. The number of nitrogens with one attached hydrogen (secondary N) is 2. The van der Waals surface area contributed by atoms with Crippen LogP contribution in [0.1, 0.15) is 39.7 Å². The molecule has 0 radical (unpaired) electrons. The van der Waals surface area contributed by atoms with Gasteiger partial charge in [-0.15, -0.1) is 0 Å². The van der Waals surface area contributed by atoms with Crippen molar-refractivity contribution in [3.8, 4) is 0 Å². The van der Waals surface area contributed by atoms with Crippen LogP contribution in [0.3, 0.4) is 0 Å². The summed E-state index contributed by atoms with van der Waals surface area (Å²) in [6.45, 7) is 12.5. The second-order valence-electron chi connectivity index (χ2n) is 9.97. The molecule has 1 saturated heterocycles. The van der Waals surface area contributed by atoms with E-state index in [-0.39, 0.29) is 47.7 Å². The maximum absolute atomic E-state index is 12.5. The fourth-order valence-electron chi connectivity index (χ4n) is 3.92. The molecule has 1 aromatic carbocycles.